The molecule has 2 aliphatic rings. The summed E-state index contributed by atoms with van der Waals surface area (Å²) in [4.78, 5) is 41.2. The maximum absolute atomic E-state index is 13.2. The molecule has 1 atom stereocenters. The molecule has 0 saturated carbocycles. The lowest BCUT2D eigenvalue weighted by molar-refractivity contribution is -0.384. The minimum absolute atomic E-state index is 0.0885. The highest BCUT2D eigenvalue weighted by molar-refractivity contribution is 6.01. The molecule has 36 heavy (non-hydrogen) atoms. The summed E-state index contributed by atoms with van der Waals surface area (Å²) in [5.41, 5.74) is 2.66. The molecule has 0 bridgehead atoms. The van der Waals surface area contributed by atoms with Gasteiger partial charge in [-0.3, -0.25) is 19.7 Å². The number of carbonyl (C=O) groups is 2. The van der Waals surface area contributed by atoms with E-state index in [1.807, 2.05) is 24.3 Å². The third-order valence-corrected chi connectivity index (χ3v) is 7.03. The van der Waals surface area contributed by atoms with Crippen molar-refractivity contribution in [1.82, 2.24) is 5.32 Å². The second-order valence-electron chi connectivity index (χ2n) is 10.00. The number of nitrogens with zero attached hydrogens (tertiary/aromatic N) is 3. The van der Waals surface area contributed by atoms with Gasteiger partial charge in [-0.1, -0.05) is 13.0 Å². The third kappa shape index (κ3) is 6.33. The van der Waals surface area contributed by atoms with Crippen LogP contribution in [-0.2, 0) is 4.79 Å². The second-order valence-corrected chi connectivity index (χ2v) is 10.00. The van der Waals surface area contributed by atoms with E-state index in [-0.39, 0.29) is 23.6 Å². The third-order valence-electron chi connectivity index (χ3n) is 7.03. The van der Waals surface area contributed by atoms with Gasteiger partial charge in [0.1, 0.15) is 0 Å². The Labute approximate surface area is 212 Å². The smallest absolute Gasteiger partial charge is 0.270 e. The SMILES string of the molecule is CC1CCN(c2ccc([N+](=O)[O-])cc2C(=O)NC(C)CC(=O)Nc2cccc(N3CCCC3)c2)CC1. The molecule has 1 unspecified atom stereocenters. The molecule has 2 aromatic rings. The van der Waals surface area contributed by atoms with Crippen LogP contribution in [0.15, 0.2) is 42.5 Å². The summed E-state index contributed by atoms with van der Waals surface area (Å²) in [5.74, 6) is 0.000429. The van der Waals surface area contributed by atoms with Crippen molar-refractivity contribution in [3.63, 3.8) is 0 Å². The zero-order valence-corrected chi connectivity index (χ0v) is 21.0. The minimum atomic E-state index is -0.494. The highest BCUT2D eigenvalue weighted by Crippen LogP contribution is 2.29. The molecule has 9 heteroatoms. The molecule has 0 aliphatic carbocycles. The van der Waals surface area contributed by atoms with Crippen molar-refractivity contribution in [2.45, 2.75) is 52.0 Å². The standard InChI is InChI=1S/C27H35N5O4/c1-19-10-14-31(15-11-19)25-9-8-23(32(35)36)18-24(25)27(34)28-20(2)16-26(33)29-21-6-5-7-22(17-21)30-12-3-4-13-30/h5-9,17-20H,3-4,10-16H2,1-2H3,(H,28,34)(H,29,33). The summed E-state index contributed by atoms with van der Waals surface area (Å²) < 4.78 is 0. The van der Waals surface area contributed by atoms with E-state index in [4.69, 9.17) is 0 Å². The molecule has 2 fully saturated rings. The normalized spacial score (nSPS) is 17.1. The van der Waals surface area contributed by atoms with Gasteiger partial charge in [0.2, 0.25) is 5.91 Å². The molecular weight excluding hydrogens is 458 g/mol. The number of nitro benzene ring substituents is 1. The fourth-order valence-electron chi connectivity index (χ4n) is 4.94. The van der Waals surface area contributed by atoms with Gasteiger partial charge in [0, 0.05) is 62.1 Å². The fraction of sp³-hybridized carbons (Fsp3) is 0.481. The van der Waals surface area contributed by atoms with Crippen LogP contribution in [0.4, 0.5) is 22.7 Å². The molecule has 2 aromatic carbocycles. The molecule has 2 N–H and O–H groups in total. The van der Waals surface area contributed by atoms with Gasteiger partial charge in [-0.2, -0.15) is 0 Å². The highest BCUT2D eigenvalue weighted by atomic mass is 16.6. The Morgan fingerprint density at radius 3 is 2.47 bits per heavy atom. The first-order chi connectivity index (χ1) is 17.3. The fourth-order valence-corrected chi connectivity index (χ4v) is 4.94. The van der Waals surface area contributed by atoms with E-state index in [9.17, 15) is 19.7 Å². The van der Waals surface area contributed by atoms with Crippen LogP contribution in [0.1, 0.15) is 56.3 Å². The lowest BCUT2D eigenvalue weighted by atomic mass is 9.97. The zero-order valence-electron chi connectivity index (χ0n) is 21.0. The topological polar surface area (TPSA) is 108 Å². The van der Waals surface area contributed by atoms with Crippen LogP contribution in [-0.4, -0.2) is 49.0 Å². The number of hydrogen-bond acceptors (Lipinski definition) is 6. The Morgan fingerprint density at radius 2 is 1.78 bits per heavy atom. The van der Waals surface area contributed by atoms with Crippen molar-refractivity contribution in [1.29, 1.82) is 0 Å². The molecular formula is C27H35N5O4. The van der Waals surface area contributed by atoms with Gasteiger partial charge < -0.3 is 20.4 Å². The number of anilines is 3. The number of piperidine rings is 1. The Kier molecular flexibility index (Phi) is 8.07. The first-order valence-corrected chi connectivity index (χ1v) is 12.8. The summed E-state index contributed by atoms with van der Waals surface area (Å²) in [6, 6.07) is 11.8. The average Bonchev–Trinajstić information content (AvgIpc) is 3.39. The Bertz CT molecular complexity index is 1110. The molecule has 0 radical (unpaired) electrons. The number of amides is 2. The van der Waals surface area contributed by atoms with Gasteiger partial charge in [-0.25, -0.2) is 0 Å². The summed E-state index contributed by atoms with van der Waals surface area (Å²) in [6.45, 7) is 7.61. The van der Waals surface area contributed by atoms with Crippen molar-refractivity contribution in [2.24, 2.45) is 5.92 Å². The highest BCUT2D eigenvalue weighted by Gasteiger charge is 2.25. The lowest BCUT2D eigenvalue weighted by Gasteiger charge is -2.33. The van der Waals surface area contributed by atoms with Gasteiger partial charge in [0.05, 0.1) is 16.2 Å². The lowest BCUT2D eigenvalue weighted by Crippen LogP contribution is -2.38. The van der Waals surface area contributed by atoms with Gasteiger partial charge in [-0.15, -0.1) is 0 Å². The number of benzene rings is 2. The van der Waals surface area contributed by atoms with Crippen molar-refractivity contribution in [2.75, 3.05) is 41.3 Å². The Morgan fingerprint density at radius 1 is 1.06 bits per heavy atom. The van der Waals surface area contributed by atoms with Gasteiger partial charge >= 0.3 is 0 Å². The predicted molar refractivity (Wildman–Crippen MR) is 142 cm³/mol. The molecule has 9 nitrogen and oxygen atoms in total. The quantitative estimate of drug-likeness (QED) is 0.412. The van der Waals surface area contributed by atoms with Crippen molar-refractivity contribution < 1.29 is 14.5 Å². The Hall–Kier alpha value is -3.62. The molecule has 4 rings (SSSR count). The number of rotatable bonds is 8. The van der Waals surface area contributed by atoms with E-state index in [2.05, 4.69) is 27.4 Å². The number of nitrogens with one attached hydrogen (secondary N) is 2. The maximum atomic E-state index is 13.2. The molecule has 2 saturated heterocycles. The van der Waals surface area contributed by atoms with Crippen molar-refractivity contribution >= 4 is 34.6 Å². The average molecular weight is 494 g/mol. The van der Waals surface area contributed by atoms with E-state index >= 15 is 0 Å². The number of carbonyl (C=O) groups excluding carboxylic acids is 2. The minimum Gasteiger partial charge on any atom is -0.371 e. The van der Waals surface area contributed by atoms with E-state index in [1.165, 1.54) is 25.0 Å². The number of hydrogen-bond donors (Lipinski definition) is 2. The second kappa shape index (κ2) is 11.4. The van der Waals surface area contributed by atoms with Crippen LogP contribution >= 0.6 is 0 Å². The van der Waals surface area contributed by atoms with Crippen LogP contribution in [0.3, 0.4) is 0 Å². The van der Waals surface area contributed by atoms with Gasteiger partial charge in [0.25, 0.3) is 11.6 Å². The largest absolute Gasteiger partial charge is 0.371 e. The predicted octanol–water partition coefficient (Wildman–Crippen LogP) is 4.58. The van der Waals surface area contributed by atoms with Crippen LogP contribution in [0.5, 0.6) is 0 Å². The van der Waals surface area contributed by atoms with Crippen LogP contribution in [0.25, 0.3) is 0 Å². The van der Waals surface area contributed by atoms with E-state index in [0.29, 0.717) is 11.6 Å². The van der Waals surface area contributed by atoms with Crippen LogP contribution in [0, 0.1) is 16.0 Å². The summed E-state index contributed by atoms with van der Waals surface area (Å²) in [7, 11) is 0. The molecule has 2 aliphatic heterocycles. The zero-order chi connectivity index (χ0) is 25.7. The van der Waals surface area contributed by atoms with Crippen molar-refractivity contribution in [3.05, 3.63) is 58.1 Å². The number of nitro groups is 1. The molecule has 0 aromatic heterocycles. The molecule has 2 heterocycles. The van der Waals surface area contributed by atoms with Crippen LogP contribution < -0.4 is 20.4 Å². The van der Waals surface area contributed by atoms with E-state index < -0.39 is 16.9 Å². The van der Waals surface area contributed by atoms with E-state index in [1.54, 1.807) is 13.0 Å². The molecule has 192 valence electrons. The Balaban J connectivity index is 1.40. The summed E-state index contributed by atoms with van der Waals surface area (Å²) >= 11 is 0. The van der Waals surface area contributed by atoms with Gasteiger partial charge in [-0.05, 0) is 62.8 Å². The first-order valence-electron chi connectivity index (χ1n) is 12.8. The number of non-ortho nitro benzene ring substituents is 1. The monoisotopic (exact) mass is 493 g/mol. The van der Waals surface area contributed by atoms with Crippen molar-refractivity contribution in [3.8, 4) is 0 Å². The first kappa shape index (κ1) is 25.5. The maximum Gasteiger partial charge on any atom is 0.270 e. The summed E-state index contributed by atoms with van der Waals surface area (Å²) in [6.07, 6.45) is 4.46. The van der Waals surface area contributed by atoms with Crippen LogP contribution in [0.2, 0.25) is 0 Å². The summed E-state index contributed by atoms with van der Waals surface area (Å²) in [5, 5.41) is 17.2. The molecule has 2 amide bonds. The van der Waals surface area contributed by atoms with E-state index in [0.717, 1.165) is 50.4 Å². The van der Waals surface area contributed by atoms with Gasteiger partial charge in [0.15, 0.2) is 0 Å². The molecule has 0 spiro atoms.